The molecule has 30 heavy (non-hydrogen) atoms. The number of hydrogen-bond acceptors (Lipinski definition) is 5. The fourth-order valence-electron chi connectivity index (χ4n) is 3.66. The summed E-state index contributed by atoms with van der Waals surface area (Å²) in [4.78, 5) is 10.7. The number of hydrogen-bond donors (Lipinski definition) is 0. The molecule has 1 aliphatic rings. The molecule has 0 aliphatic carbocycles. The third-order valence-corrected chi connectivity index (χ3v) is 7.80. The first-order valence-electron chi connectivity index (χ1n) is 10.4. The summed E-state index contributed by atoms with van der Waals surface area (Å²) in [6, 6.07) is 6.53. The Balaban J connectivity index is 2.23. The van der Waals surface area contributed by atoms with Crippen LogP contribution in [0.15, 0.2) is 24.3 Å². The van der Waals surface area contributed by atoms with Crippen LogP contribution in [0.3, 0.4) is 0 Å². The summed E-state index contributed by atoms with van der Waals surface area (Å²) in [5.74, 6) is 0.159. The molecule has 1 fully saturated rings. The predicted molar refractivity (Wildman–Crippen MR) is 123 cm³/mol. The summed E-state index contributed by atoms with van der Waals surface area (Å²) in [6.45, 7) is 19.2. The summed E-state index contributed by atoms with van der Waals surface area (Å²) >= 11 is 0. The molecule has 7 nitrogen and oxygen atoms in total. The van der Waals surface area contributed by atoms with Crippen LogP contribution in [0.1, 0.15) is 53.2 Å². The molecule has 1 aromatic carbocycles. The molecule has 0 saturated carbocycles. The molecule has 0 N–H and O–H groups in total. The Morgan fingerprint density at radius 2 is 1.57 bits per heavy atom. The van der Waals surface area contributed by atoms with Crippen LogP contribution < -0.4 is 10.8 Å². The Morgan fingerprint density at radius 1 is 1.07 bits per heavy atom. The van der Waals surface area contributed by atoms with Gasteiger partial charge in [0.05, 0.1) is 21.8 Å². The highest BCUT2D eigenvalue weighted by Gasteiger charge is 2.54. The van der Waals surface area contributed by atoms with Crippen LogP contribution in [-0.2, 0) is 9.31 Å². The summed E-state index contributed by atoms with van der Waals surface area (Å²) < 4.78 is 14.8. The van der Waals surface area contributed by atoms with Gasteiger partial charge in [-0.15, -0.1) is 0 Å². The van der Waals surface area contributed by atoms with E-state index in [1.807, 2.05) is 4.68 Å². The first-order valence-corrected chi connectivity index (χ1v) is 13.9. The highest BCUT2D eigenvalue weighted by atomic mass is 28.3. The lowest BCUT2D eigenvalue weighted by molar-refractivity contribution is -0.384. The van der Waals surface area contributed by atoms with Crippen molar-refractivity contribution in [3.05, 3.63) is 40.1 Å². The van der Waals surface area contributed by atoms with Crippen LogP contribution in [0.5, 0.6) is 0 Å². The van der Waals surface area contributed by atoms with Gasteiger partial charge in [0.15, 0.2) is 0 Å². The number of nitro groups is 1. The van der Waals surface area contributed by atoms with E-state index in [0.29, 0.717) is 0 Å². The van der Waals surface area contributed by atoms with Gasteiger partial charge >= 0.3 is 7.12 Å². The smallest absolute Gasteiger partial charge is 0.399 e. The van der Waals surface area contributed by atoms with Crippen molar-refractivity contribution in [1.82, 2.24) is 9.78 Å². The van der Waals surface area contributed by atoms with Crippen molar-refractivity contribution in [2.45, 2.75) is 78.3 Å². The number of non-ortho nitro benzene ring substituents is 1. The molecular formula is C21H32BN3O4Si. The second-order valence-electron chi connectivity index (χ2n) is 10.3. The van der Waals surface area contributed by atoms with E-state index < -0.39 is 26.4 Å². The number of aromatic nitrogens is 2. The van der Waals surface area contributed by atoms with Gasteiger partial charge < -0.3 is 9.31 Å². The number of benzene rings is 1. The van der Waals surface area contributed by atoms with Gasteiger partial charge in [-0.2, -0.15) is 5.10 Å². The predicted octanol–water partition coefficient (Wildman–Crippen LogP) is 3.75. The maximum atomic E-state index is 11.1. The lowest BCUT2D eigenvalue weighted by atomic mass is 9.77. The molecule has 2 heterocycles. The van der Waals surface area contributed by atoms with E-state index in [4.69, 9.17) is 14.4 Å². The summed E-state index contributed by atoms with van der Waals surface area (Å²) in [6.07, 6.45) is 0. The quantitative estimate of drug-likeness (QED) is 0.411. The van der Waals surface area contributed by atoms with Gasteiger partial charge in [-0.1, -0.05) is 33.5 Å². The zero-order valence-electron chi connectivity index (χ0n) is 19.4. The van der Waals surface area contributed by atoms with Crippen molar-refractivity contribution in [3.63, 3.8) is 0 Å². The maximum Gasteiger partial charge on any atom is 0.498 e. The molecule has 162 valence electrons. The van der Waals surface area contributed by atoms with Crippen LogP contribution in [0.25, 0.3) is 5.69 Å². The maximum absolute atomic E-state index is 11.1. The molecule has 0 spiro atoms. The summed E-state index contributed by atoms with van der Waals surface area (Å²) in [5, 5.41) is 17.1. The van der Waals surface area contributed by atoms with Gasteiger partial charge in [0.1, 0.15) is 8.07 Å². The molecular weight excluding hydrogens is 397 g/mol. The average Bonchev–Trinajstić information content (AvgIpc) is 3.10. The fourth-order valence-corrected chi connectivity index (χ4v) is 5.11. The van der Waals surface area contributed by atoms with Gasteiger partial charge in [-0.25, -0.2) is 4.68 Å². The Kier molecular flexibility index (Phi) is 5.54. The van der Waals surface area contributed by atoms with Crippen molar-refractivity contribution < 1.29 is 14.2 Å². The second-order valence-corrected chi connectivity index (χ2v) is 15.3. The highest BCUT2D eigenvalue weighted by Crippen LogP contribution is 2.37. The van der Waals surface area contributed by atoms with E-state index in [9.17, 15) is 10.1 Å². The highest BCUT2D eigenvalue weighted by molar-refractivity contribution is 6.92. The first-order chi connectivity index (χ1) is 13.7. The molecule has 3 rings (SSSR count). The summed E-state index contributed by atoms with van der Waals surface area (Å²) in [7, 11) is -2.36. The third kappa shape index (κ3) is 3.86. The topological polar surface area (TPSA) is 79.4 Å². The molecule has 9 heteroatoms. The standard InChI is InChI=1S/C21H32BN3O4Si/c1-14(2)18-17(22-28-20(3,4)21(5,6)29-22)19(30(7,8)9)23-24(18)15-10-12-16(13-11-15)25(26)27/h10-14H,1-9H3. The third-order valence-electron chi connectivity index (χ3n) is 6.01. The molecule has 1 aliphatic heterocycles. The van der Waals surface area contributed by atoms with E-state index in [2.05, 4.69) is 61.2 Å². The fraction of sp³-hybridized carbons (Fsp3) is 0.571. The molecule has 0 atom stereocenters. The van der Waals surface area contributed by atoms with E-state index >= 15 is 0 Å². The van der Waals surface area contributed by atoms with Crippen LogP contribution >= 0.6 is 0 Å². The van der Waals surface area contributed by atoms with Gasteiger partial charge in [0.25, 0.3) is 5.69 Å². The van der Waals surface area contributed by atoms with Gasteiger partial charge in [-0.3, -0.25) is 10.1 Å². The van der Waals surface area contributed by atoms with Gasteiger partial charge in [0.2, 0.25) is 0 Å². The van der Waals surface area contributed by atoms with E-state index in [-0.39, 0.29) is 16.5 Å². The molecule has 0 unspecified atom stereocenters. The lowest BCUT2D eigenvalue weighted by Crippen LogP contribution is -2.54. The van der Waals surface area contributed by atoms with Gasteiger partial charge in [0, 0.05) is 28.6 Å². The largest absolute Gasteiger partial charge is 0.498 e. The molecule has 0 bridgehead atoms. The Hall–Kier alpha value is -1.97. The molecule has 0 amide bonds. The number of nitrogens with zero attached hydrogens (tertiary/aromatic N) is 3. The van der Waals surface area contributed by atoms with Crippen LogP contribution in [0.2, 0.25) is 19.6 Å². The van der Waals surface area contributed by atoms with Crippen LogP contribution in [0.4, 0.5) is 5.69 Å². The van der Waals surface area contributed by atoms with Crippen molar-refractivity contribution in [2.24, 2.45) is 0 Å². The van der Waals surface area contributed by atoms with Crippen molar-refractivity contribution in [2.75, 3.05) is 0 Å². The minimum absolute atomic E-state index is 0.0635. The summed E-state index contributed by atoms with van der Waals surface area (Å²) in [5.41, 5.74) is 2.01. The van der Waals surface area contributed by atoms with Gasteiger partial charge in [-0.05, 0) is 45.7 Å². The molecule has 2 aromatic rings. The zero-order valence-corrected chi connectivity index (χ0v) is 20.4. The minimum Gasteiger partial charge on any atom is -0.399 e. The molecule has 1 aromatic heterocycles. The number of rotatable bonds is 5. The van der Waals surface area contributed by atoms with E-state index in [0.717, 1.165) is 22.2 Å². The van der Waals surface area contributed by atoms with Crippen molar-refractivity contribution >= 4 is 31.7 Å². The van der Waals surface area contributed by atoms with Crippen molar-refractivity contribution in [1.29, 1.82) is 0 Å². The molecule has 0 radical (unpaired) electrons. The zero-order chi connectivity index (χ0) is 22.6. The molecule has 1 saturated heterocycles. The number of nitro benzene ring substituents is 1. The monoisotopic (exact) mass is 429 g/mol. The van der Waals surface area contributed by atoms with Crippen LogP contribution in [0, 0.1) is 10.1 Å². The average molecular weight is 429 g/mol. The van der Waals surface area contributed by atoms with E-state index in [1.54, 1.807) is 12.1 Å². The SMILES string of the molecule is CC(C)c1c(B2OC(C)(C)C(C)(C)O2)c([Si](C)(C)C)nn1-c1ccc([N+](=O)[O-])cc1. The normalized spacial score (nSPS) is 18.3. The Morgan fingerprint density at radius 3 is 1.97 bits per heavy atom. The lowest BCUT2D eigenvalue weighted by Gasteiger charge is -2.32. The Labute approximate surface area is 180 Å². The second kappa shape index (κ2) is 7.32. The minimum atomic E-state index is -1.86. The Bertz CT molecular complexity index is 946. The van der Waals surface area contributed by atoms with E-state index in [1.165, 1.54) is 12.1 Å². The van der Waals surface area contributed by atoms with Crippen LogP contribution in [-0.4, -0.2) is 41.1 Å². The van der Waals surface area contributed by atoms with Crippen molar-refractivity contribution in [3.8, 4) is 5.69 Å². The first kappa shape index (κ1) is 22.7.